The fourth-order valence-electron chi connectivity index (χ4n) is 2.02. The molecule has 94 valence electrons. The minimum Gasteiger partial charge on any atom is -0.497 e. The molecule has 0 fully saturated rings. The summed E-state index contributed by atoms with van der Waals surface area (Å²) in [6, 6.07) is 12.2. The van der Waals surface area contributed by atoms with E-state index >= 15 is 0 Å². The number of hydrogen-bond donors (Lipinski definition) is 1. The fraction of sp³-hybridized carbons (Fsp3) is 0.0667. The van der Waals surface area contributed by atoms with E-state index in [4.69, 9.17) is 10.5 Å². The summed E-state index contributed by atoms with van der Waals surface area (Å²) in [6.45, 7) is 0. The van der Waals surface area contributed by atoms with Crippen LogP contribution in [0.1, 0.15) is 0 Å². The van der Waals surface area contributed by atoms with Gasteiger partial charge in [-0.15, -0.1) is 0 Å². The van der Waals surface area contributed by atoms with Crippen LogP contribution in [0.3, 0.4) is 0 Å². The summed E-state index contributed by atoms with van der Waals surface area (Å²) in [5.74, 6) is 1.14. The molecule has 3 aromatic rings. The molecule has 1 heterocycles. The molecule has 4 heteroatoms. The average Bonchev–Trinajstić information content (AvgIpc) is 2.47. The van der Waals surface area contributed by atoms with Gasteiger partial charge in [0, 0.05) is 18.0 Å². The molecule has 1 aromatic heterocycles. The van der Waals surface area contributed by atoms with Crippen molar-refractivity contribution in [3.8, 4) is 16.9 Å². The lowest BCUT2D eigenvalue weighted by Crippen LogP contribution is -1.93. The highest BCUT2D eigenvalue weighted by Gasteiger charge is 2.02. The van der Waals surface area contributed by atoms with E-state index in [0.29, 0.717) is 0 Å². The smallest absolute Gasteiger partial charge is 0.219 e. The molecule has 2 N–H and O–H groups in total. The second-order valence-electron chi connectivity index (χ2n) is 4.26. The van der Waals surface area contributed by atoms with Crippen molar-refractivity contribution in [3.05, 3.63) is 48.8 Å². The maximum Gasteiger partial charge on any atom is 0.219 e. The van der Waals surface area contributed by atoms with E-state index in [2.05, 4.69) is 22.1 Å². The van der Waals surface area contributed by atoms with Crippen LogP contribution in [0.15, 0.2) is 48.8 Å². The monoisotopic (exact) mass is 251 g/mol. The second kappa shape index (κ2) is 4.57. The zero-order valence-corrected chi connectivity index (χ0v) is 10.5. The van der Waals surface area contributed by atoms with Crippen LogP contribution in [0.2, 0.25) is 0 Å². The summed E-state index contributed by atoms with van der Waals surface area (Å²) in [7, 11) is 1.67. The number of aromatic nitrogens is 2. The third-order valence-electron chi connectivity index (χ3n) is 3.05. The van der Waals surface area contributed by atoms with Gasteiger partial charge in [0.15, 0.2) is 0 Å². The number of fused-ring (bicyclic) bond motifs is 1. The van der Waals surface area contributed by atoms with Crippen molar-refractivity contribution in [2.24, 2.45) is 0 Å². The van der Waals surface area contributed by atoms with Gasteiger partial charge in [-0.25, -0.2) is 9.97 Å². The van der Waals surface area contributed by atoms with E-state index in [1.54, 1.807) is 19.5 Å². The molecule has 0 aliphatic rings. The standard InChI is InChI=1S/C15H13N3O/c1-19-14-5-4-10-6-11(2-3-12(10)7-14)13-8-17-15(16)18-9-13/h2-9H,1H3,(H2,16,17,18). The van der Waals surface area contributed by atoms with E-state index < -0.39 is 0 Å². The third-order valence-corrected chi connectivity index (χ3v) is 3.05. The Balaban J connectivity index is 2.08. The zero-order valence-electron chi connectivity index (χ0n) is 10.5. The average molecular weight is 251 g/mol. The Hall–Kier alpha value is -2.62. The lowest BCUT2D eigenvalue weighted by atomic mass is 10.0. The van der Waals surface area contributed by atoms with Crippen LogP contribution >= 0.6 is 0 Å². The van der Waals surface area contributed by atoms with Crippen molar-refractivity contribution in [1.82, 2.24) is 9.97 Å². The molecular formula is C15H13N3O. The molecule has 0 atom stereocenters. The summed E-state index contributed by atoms with van der Waals surface area (Å²) in [5.41, 5.74) is 7.51. The van der Waals surface area contributed by atoms with Gasteiger partial charge in [0.05, 0.1) is 7.11 Å². The first-order valence-corrected chi connectivity index (χ1v) is 5.92. The highest BCUT2D eigenvalue weighted by atomic mass is 16.5. The van der Waals surface area contributed by atoms with Gasteiger partial charge in [-0.05, 0) is 34.5 Å². The molecule has 19 heavy (non-hydrogen) atoms. The molecule has 0 unspecified atom stereocenters. The number of nitrogen functional groups attached to an aromatic ring is 1. The Bertz CT molecular complexity index is 723. The van der Waals surface area contributed by atoms with Gasteiger partial charge < -0.3 is 10.5 Å². The minimum atomic E-state index is 0.286. The number of rotatable bonds is 2. The highest BCUT2D eigenvalue weighted by Crippen LogP contribution is 2.26. The van der Waals surface area contributed by atoms with Gasteiger partial charge in [0.2, 0.25) is 5.95 Å². The van der Waals surface area contributed by atoms with Crippen molar-refractivity contribution in [1.29, 1.82) is 0 Å². The van der Waals surface area contributed by atoms with Gasteiger partial charge in [-0.1, -0.05) is 18.2 Å². The molecule has 3 rings (SSSR count). The predicted molar refractivity (Wildman–Crippen MR) is 75.9 cm³/mol. The zero-order chi connectivity index (χ0) is 13.2. The number of ether oxygens (including phenoxy) is 1. The quantitative estimate of drug-likeness (QED) is 0.760. The van der Waals surface area contributed by atoms with E-state index in [1.165, 1.54) is 0 Å². The van der Waals surface area contributed by atoms with Crippen LogP contribution in [0.4, 0.5) is 5.95 Å². The number of nitrogens with two attached hydrogens (primary N) is 1. The van der Waals surface area contributed by atoms with Crippen molar-refractivity contribution in [3.63, 3.8) is 0 Å². The van der Waals surface area contributed by atoms with Gasteiger partial charge >= 0.3 is 0 Å². The third kappa shape index (κ3) is 2.20. The summed E-state index contributed by atoms with van der Waals surface area (Å²) in [5, 5.41) is 2.29. The van der Waals surface area contributed by atoms with Gasteiger partial charge in [0.25, 0.3) is 0 Å². The number of nitrogens with zero attached hydrogens (tertiary/aromatic N) is 2. The molecule has 0 aliphatic heterocycles. The van der Waals surface area contributed by atoms with Crippen molar-refractivity contribution < 1.29 is 4.74 Å². The van der Waals surface area contributed by atoms with Crippen LogP contribution in [-0.2, 0) is 0 Å². The Labute approximate surface area is 110 Å². The molecule has 0 spiro atoms. The predicted octanol–water partition coefficient (Wildman–Crippen LogP) is 2.89. The van der Waals surface area contributed by atoms with Crippen LogP contribution in [0.25, 0.3) is 21.9 Å². The van der Waals surface area contributed by atoms with E-state index in [9.17, 15) is 0 Å². The normalized spacial score (nSPS) is 10.6. The molecule has 2 aromatic carbocycles. The van der Waals surface area contributed by atoms with E-state index in [0.717, 1.165) is 27.6 Å². The van der Waals surface area contributed by atoms with Crippen molar-refractivity contribution >= 4 is 16.7 Å². The first kappa shape index (κ1) is 11.5. The summed E-state index contributed by atoms with van der Waals surface area (Å²) < 4.78 is 5.22. The number of methoxy groups -OCH3 is 1. The molecule has 0 bridgehead atoms. The molecule has 4 nitrogen and oxygen atoms in total. The number of benzene rings is 2. The Morgan fingerprint density at radius 1 is 0.895 bits per heavy atom. The van der Waals surface area contributed by atoms with Gasteiger partial charge in [-0.2, -0.15) is 0 Å². The summed E-state index contributed by atoms with van der Waals surface area (Å²) in [6.07, 6.45) is 3.46. The van der Waals surface area contributed by atoms with Gasteiger partial charge in [-0.3, -0.25) is 0 Å². The molecule has 0 saturated carbocycles. The SMILES string of the molecule is COc1ccc2cc(-c3cnc(N)nc3)ccc2c1. The summed E-state index contributed by atoms with van der Waals surface area (Å²) >= 11 is 0. The van der Waals surface area contributed by atoms with E-state index in [1.807, 2.05) is 24.3 Å². The molecule has 0 radical (unpaired) electrons. The van der Waals surface area contributed by atoms with Crippen LogP contribution in [-0.4, -0.2) is 17.1 Å². The molecule has 0 aliphatic carbocycles. The fourth-order valence-corrected chi connectivity index (χ4v) is 2.02. The first-order valence-electron chi connectivity index (χ1n) is 5.92. The van der Waals surface area contributed by atoms with Crippen molar-refractivity contribution in [2.45, 2.75) is 0 Å². The highest BCUT2D eigenvalue weighted by molar-refractivity contribution is 5.88. The van der Waals surface area contributed by atoms with Gasteiger partial charge in [0.1, 0.15) is 5.75 Å². The van der Waals surface area contributed by atoms with Crippen LogP contribution < -0.4 is 10.5 Å². The molecule has 0 saturated heterocycles. The maximum atomic E-state index is 5.49. The van der Waals surface area contributed by atoms with Crippen molar-refractivity contribution in [2.75, 3.05) is 12.8 Å². The lowest BCUT2D eigenvalue weighted by Gasteiger charge is -2.05. The molecule has 0 amide bonds. The Morgan fingerprint density at radius 3 is 2.32 bits per heavy atom. The number of anilines is 1. The minimum absolute atomic E-state index is 0.286. The Morgan fingerprint density at radius 2 is 1.58 bits per heavy atom. The lowest BCUT2D eigenvalue weighted by molar-refractivity contribution is 0.415. The first-order chi connectivity index (χ1) is 9.26. The maximum absolute atomic E-state index is 5.49. The topological polar surface area (TPSA) is 61.0 Å². The van der Waals surface area contributed by atoms with Crippen LogP contribution in [0, 0.1) is 0 Å². The van der Waals surface area contributed by atoms with Crippen LogP contribution in [0.5, 0.6) is 5.75 Å². The summed E-state index contributed by atoms with van der Waals surface area (Å²) in [4.78, 5) is 8.02. The molecular weight excluding hydrogens is 238 g/mol. The van der Waals surface area contributed by atoms with E-state index in [-0.39, 0.29) is 5.95 Å². The Kier molecular flexibility index (Phi) is 2.76. The number of hydrogen-bond acceptors (Lipinski definition) is 4. The second-order valence-corrected chi connectivity index (χ2v) is 4.26. The largest absolute Gasteiger partial charge is 0.497 e.